The van der Waals surface area contributed by atoms with Gasteiger partial charge in [0, 0.05) is 30.5 Å². The maximum absolute atomic E-state index is 12.1. The molecular formula is C22H27N3O3. The topological polar surface area (TPSA) is 70.7 Å². The number of anilines is 2. The molecule has 0 bridgehead atoms. The first kappa shape index (κ1) is 19.7. The van der Waals surface area contributed by atoms with E-state index in [1.165, 1.54) is 5.56 Å². The summed E-state index contributed by atoms with van der Waals surface area (Å²) in [6.45, 7) is 3.92. The van der Waals surface area contributed by atoms with Gasteiger partial charge in [0.1, 0.15) is 5.75 Å². The molecule has 0 aliphatic carbocycles. The minimum atomic E-state index is -0.125. The Balaban J connectivity index is 1.45. The molecule has 0 saturated carbocycles. The zero-order chi connectivity index (χ0) is 19.8. The highest BCUT2D eigenvalue weighted by molar-refractivity contribution is 5.93. The monoisotopic (exact) mass is 381 g/mol. The number of nitrogens with zero attached hydrogens (tertiary/aromatic N) is 1. The Hall–Kier alpha value is -3.02. The van der Waals surface area contributed by atoms with Gasteiger partial charge in [-0.1, -0.05) is 25.1 Å². The molecule has 2 aromatic carbocycles. The maximum atomic E-state index is 12.1. The molecule has 28 heavy (non-hydrogen) atoms. The highest BCUT2D eigenvalue weighted by atomic mass is 16.5. The van der Waals surface area contributed by atoms with Crippen LogP contribution in [0.4, 0.5) is 11.4 Å². The molecule has 6 nitrogen and oxygen atoms in total. The van der Waals surface area contributed by atoms with Crippen molar-refractivity contribution in [3.63, 3.8) is 0 Å². The Morgan fingerprint density at radius 3 is 2.50 bits per heavy atom. The number of amides is 2. The average Bonchev–Trinajstić information content (AvgIpc) is 3.26. The molecule has 0 unspecified atom stereocenters. The third-order valence-corrected chi connectivity index (χ3v) is 4.75. The molecular weight excluding hydrogens is 354 g/mol. The molecule has 148 valence electrons. The van der Waals surface area contributed by atoms with Crippen LogP contribution in [0.3, 0.4) is 0 Å². The minimum Gasteiger partial charge on any atom is -0.484 e. The average molecular weight is 381 g/mol. The van der Waals surface area contributed by atoms with Gasteiger partial charge in [0.25, 0.3) is 5.91 Å². The van der Waals surface area contributed by atoms with E-state index in [0.717, 1.165) is 43.7 Å². The second-order valence-electron chi connectivity index (χ2n) is 6.86. The van der Waals surface area contributed by atoms with Crippen LogP contribution < -0.4 is 15.4 Å². The number of hydrogen-bond acceptors (Lipinski definition) is 4. The second-order valence-corrected chi connectivity index (χ2v) is 6.86. The van der Waals surface area contributed by atoms with Crippen molar-refractivity contribution in [2.45, 2.75) is 26.2 Å². The zero-order valence-electron chi connectivity index (χ0n) is 16.2. The Morgan fingerprint density at radius 2 is 1.79 bits per heavy atom. The molecule has 1 heterocycles. The van der Waals surface area contributed by atoms with Gasteiger partial charge in [-0.05, 0) is 49.1 Å². The molecule has 1 saturated heterocycles. The normalized spacial score (nSPS) is 13.2. The van der Waals surface area contributed by atoms with Gasteiger partial charge in [0.2, 0.25) is 5.91 Å². The number of ether oxygens (including phenoxy) is 1. The summed E-state index contributed by atoms with van der Waals surface area (Å²) in [5, 5.41) is 5.95. The van der Waals surface area contributed by atoms with Gasteiger partial charge in [0.05, 0.1) is 6.54 Å². The molecule has 0 aromatic heterocycles. The molecule has 2 amide bonds. The van der Waals surface area contributed by atoms with E-state index in [2.05, 4.69) is 17.6 Å². The number of nitrogens with one attached hydrogen (secondary N) is 2. The van der Waals surface area contributed by atoms with Crippen LogP contribution in [-0.2, 0) is 16.0 Å². The molecule has 2 aromatic rings. The lowest BCUT2D eigenvalue weighted by atomic mass is 10.1. The number of aryl methyl sites for hydroxylation is 1. The summed E-state index contributed by atoms with van der Waals surface area (Å²) in [4.78, 5) is 26.0. The number of rotatable bonds is 8. The van der Waals surface area contributed by atoms with Crippen molar-refractivity contribution in [1.82, 2.24) is 4.90 Å². The van der Waals surface area contributed by atoms with E-state index >= 15 is 0 Å². The number of benzene rings is 2. The summed E-state index contributed by atoms with van der Waals surface area (Å²) < 4.78 is 5.61. The maximum Gasteiger partial charge on any atom is 0.260 e. The number of carbonyl (C=O) groups excluding carboxylic acids is 2. The lowest BCUT2D eigenvalue weighted by Crippen LogP contribution is -2.32. The van der Waals surface area contributed by atoms with Gasteiger partial charge in [-0.15, -0.1) is 0 Å². The van der Waals surface area contributed by atoms with E-state index in [4.69, 9.17) is 4.74 Å². The van der Waals surface area contributed by atoms with E-state index < -0.39 is 0 Å². The van der Waals surface area contributed by atoms with Gasteiger partial charge in [-0.2, -0.15) is 0 Å². The van der Waals surface area contributed by atoms with E-state index in [-0.39, 0.29) is 25.0 Å². The fraction of sp³-hybridized carbons (Fsp3) is 0.364. The Kier molecular flexibility index (Phi) is 6.89. The van der Waals surface area contributed by atoms with Crippen molar-refractivity contribution in [3.8, 4) is 5.75 Å². The molecule has 1 aliphatic rings. The molecule has 6 heteroatoms. The Morgan fingerprint density at radius 1 is 1.04 bits per heavy atom. The molecule has 2 N–H and O–H groups in total. The fourth-order valence-corrected chi connectivity index (χ4v) is 3.11. The van der Waals surface area contributed by atoms with Crippen LogP contribution in [0.2, 0.25) is 0 Å². The number of hydrogen-bond donors (Lipinski definition) is 2. The van der Waals surface area contributed by atoms with Crippen molar-refractivity contribution in [1.29, 1.82) is 0 Å². The molecule has 0 radical (unpaired) electrons. The molecule has 3 rings (SSSR count). The molecule has 1 fully saturated rings. The second kappa shape index (κ2) is 9.78. The Bertz CT molecular complexity index is 799. The van der Waals surface area contributed by atoms with Gasteiger partial charge < -0.3 is 20.3 Å². The van der Waals surface area contributed by atoms with Crippen molar-refractivity contribution < 1.29 is 14.3 Å². The third-order valence-electron chi connectivity index (χ3n) is 4.75. The summed E-state index contributed by atoms with van der Waals surface area (Å²) in [6, 6.07) is 15.1. The predicted octanol–water partition coefficient (Wildman–Crippen LogP) is 3.30. The summed E-state index contributed by atoms with van der Waals surface area (Å²) in [7, 11) is 0. The van der Waals surface area contributed by atoms with Gasteiger partial charge in [-0.3, -0.25) is 9.59 Å². The quantitative estimate of drug-likeness (QED) is 0.736. The van der Waals surface area contributed by atoms with E-state index in [9.17, 15) is 9.59 Å². The van der Waals surface area contributed by atoms with Gasteiger partial charge in [0.15, 0.2) is 6.61 Å². The predicted molar refractivity (Wildman–Crippen MR) is 111 cm³/mol. The summed E-state index contributed by atoms with van der Waals surface area (Å²) >= 11 is 0. The largest absolute Gasteiger partial charge is 0.484 e. The van der Waals surface area contributed by atoms with E-state index in [0.29, 0.717) is 5.75 Å². The minimum absolute atomic E-state index is 0.0179. The van der Waals surface area contributed by atoms with Crippen LogP contribution >= 0.6 is 0 Å². The van der Waals surface area contributed by atoms with Crippen LogP contribution in [0, 0.1) is 0 Å². The number of likely N-dealkylation sites (tertiary alicyclic amines) is 1. The van der Waals surface area contributed by atoms with Crippen LogP contribution in [0.1, 0.15) is 25.3 Å². The summed E-state index contributed by atoms with van der Waals surface area (Å²) in [6.07, 6.45) is 3.10. The lowest BCUT2D eigenvalue weighted by Gasteiger charge is -2.16. The van der Waals surface area contributed by atoms with Crippen molar-refractivity contribution in [2.24, 2.45) is 0 Å². The van der Waals surface area contributed by atoms with Crippen molar-refractivity contribution in [2.75, 3.05) is 36.9 Å². The van der Waals surface area contributed by atoms with Crippen molar-refractivity contribution in [3.05, 3.63) is 54.1 Å². The van der Waals surface area contributed by atoms with Crippen LogP contribution in [0.25, 0.3) is 0 Å². The van der Waals surface area contributed by atoms with Gasteiger partial charge in [-0.25, -0.2) is 0 Å². The number of carbonyl (C=O) groups is 2. The molecule has 0 spiro atoms. The first-order chi connectivity index (χ1) is 13.6. The lowest BCUT2D eigenvalue weighted by molar-refractivity contribution is -0.132. The summed E-state index contributed by atoms with van der Waals surface area (Å²) in [5.41, 5.74) is 2.78. The van der Waals surface area contributed by atoms with Crippen LogP contribution in [0.15, 0.2) is 48.5 Å². The first-order valence-electron chi connectivity index (χ1n) is 9.77. The fourth-order valence-electron chi connectivity index (χ4n) is 3.11. The third kappa shape index (κ3) is 5.74. The molecule has 1 aliphatic heterocycles. The van der Waals surface area contributed by atoms with Crippen LogP contribution in [0.5, 0.6) is 5.75 Å². The van der Waals surface area contributed by atoms with Crippen LogP contribution in [-0.4, -0.2) is 43.0 Å². The standard InChI is InChI=1S/C22H27N3O3/c1-2-17-8-10-18(11-9-17)24-21(26)15-23-19-6-5-7-20(14-19)28-16-22(27)25-12-3-4-13-25/h5-11,14,23H,2-4,12-13,15-16H2,1H3,(H,24,26). The van der Waals surface area contributed by atoms with Crippen molar-refractivity contribution >= 4 is 23.2 Å². The Labute approximate surface area is 165 Å². The molecule has 0 atom stereocenters. The SMILES string of the molecule is CCc1ccc(NC(=O)CNc2cccc(OCC(=O)N3CCCC3)c2)cc1. The van der Waals surface area contributed by atoms with E-state index in [1.807, 2.05) is 41.3 Å². The highest BCUT2D eigenvalue weighted by Crippen LogP contribution is 2.18. The smallest absolute Gasteiger partial charge is 0.260 e. The zero-order valence-corrected chi connectivity index (χ0v) is 16.2. The highest BCUT2D eigenvalue weighted by Gasteiger charge is 2.18. The first-order valence-corrected chi connectivity index (χ1v) is 9.77. The van der Waals surface area contributed by atoms with E-state index in [1.54, 1.807) is 12.1 Å². The van der Waals surface area contributed by atoms with Gasteiger partial charge >= 0.3 is 0 Å². The summed E-state index contributed by atoms with van der Waals surface area (Å²) in [5.74, 6) is 0.497.